The molecule has 0 saturated carbocycles. The fourth-order valence-electron chi connectivity index (χ4n) is 3.03. The molecule has 2 nitrogen and oxygen atoms in total. The largest absolute Gasteiger partial charge is 0.316 e. The molecule has 112 valence electrons. The van der Waals surface area contributed by atoms with Gasteiger partial charge in [-0.3, -0.25) is 4.90 Å². The first kappa shape index (κ1) is 15.5. The van der Waals surface area contributed by atoms with Gasteiger partial charge in [-0.1, -0.05) is 26.0 Å². The van der Waals surface area contributed by atoms with E-state index >= 15 is 0 Å². The van der Waals surface area contributed by atoms with E-state index in [1.54, 1.807) is 12.1 Å². The summed E-state index contributed by atoms with van der Waals surface area (Å²) in [4.78, 5) is 2.60. The number of benzene rings is 1. The van der Waals surface area contributed by atoms with E-state index in [4.69, 9.17) is 0 Å². The third-order valence-corrected chi connectivity index (χ3v) is 4.15. The Kier molecular flexibility index (Phi) is 5.55. The van der Waals surface area contributed by atoms with E-state index in [0.717, 1.165) is 32.6 Å². The zero-order valence-electron chi connectivity index (χ0n) is 12.9. The maximum atomic E-state index is 13.0. The quantitative estimate of drug-likeness (QED) is 0.914. The second kappa shape index (κ2) is 7.19. The minimum atomic E-state index is -0.152. The maximum Gasteiger partial charge on any atom is 0.123 e. The minimum absolute atomic E-state index is 0.152. The van der Waals surface area contributed by atoms with Gasteiger partial charge < -0.3 is 5.32 Å². The molecule has 0 spiro atoms. The van der Waals surface area contributed by atoms with Crippen LogP contribution in [0.1, 0.15) is 26.3 Å². The summed E-state index contributed by atoms with van der Waals surface area (Å²) in [5, 5.41) is 3.53. The third kappa shape index (κ3) is 4.57. The number of nitrogens with zero attached hydrogens (tertiary/aromatic N) is 1. The molecule has 0 amide bonds. The Bertz CT molecular complexity index is 392. The van der Waals surface area contributed by atoms with E-state index in [2.05, 4.69) is 31.0 Å². The van der Waals surface area contributed by atoms with Crippen molar-refractivity contribution in [3.8, 4) is 0 Å². The third-order valence-electron chi connectivity index (χ3n) is 4.15. The molecule has 0 aromatic heterocycles. The molecule has 1 N–H and O–H groups in total. The van der Waals surface area contributed by atoms with E-state index < -0.39 is 0 Å². The zero-order chi connectivity index (χ0) is 14.5. The number of rotatable bonds is 3. The Balaban J connectivity index is 1.97. The summed E-state index contributed by atoms with van der Waals surface area (Å²) in [6, 6.07) is 7.44. The van der Waals surface area contributed by atoms with Crippen LogP contribution in [0.25, 0.3) is 0 Å². The van der Waals surface area contributed by atoms with E-state index in [1.807, 2.05) is 12.1 Å². The molecule has 3 unspecified atom stereocenters. The highest BCUT2D eigenvalue weighted by molar-refractivity contribution is 5.17. The van der Waals surface area contributed by atoms with E-state index in [-0.39, 0.29) is 5.82 Å². The molecule has 0 bridgehead atoms. The van der Waals surface area contributed by atoms with Gasteiger partial charge in [0.15, 0.2) is 0 Å². The average Bonchev–Trinajstić information content (AvgIpc) is 2.38. The van der Waals surface area contributed by atoms with Crippen LogP contribution in [0.4, 0.5) is 4.39 Å². The Hall–Kier alpha value is -0.930. The van der Waals surface area contributed by atoms with E-state index in [9.17, 15) is 4.39 Å². The standard InChI is InChI=1S/C17H27FN2/c1-13-9-19-10-14(2)12-20(11-13)15(3)8-16-4-6-17(18)7-5-16/h4-7,13-15,19H,8-12H2,1-3H3. The highest BCUT2D eigenvalue weighted by Gasteiger charge is 2.21. The van der Waals surface area contributed by atoms with Crippen molar-refractivity contribution in [2.24, 2.45) is 11.8 Å². The van der Waals surface area contributed by atoms with Gasteiger partial charge in [0.05, 0.1) is 0 Å². The van der Waals surface area contributed by atoms with Crippen molar-refractivity contribution in [2.45, 2.75) is 33.2 Å². The summed E-state index contributed by atoms with van der Waals surface area (Å²) in [5.41, 5.74) is 1.22. The van der Waals surface area contributed by atoms with Crippen LogP contribution in [0.2, 0.25) is 0 Å². The molecule has 3 atom stereocenters. The number of halogens is 1. The first-order chi connectivity index (χ1) is 9.54. The van der Waals surface area contributed by atoms with Gasteiger partial charge >= 0.3 is 0 Å². The van der Waals surface area contributed by atoms with Crippen molar-refractivity contribution in [2.75, 3.05) is 26.2 Å². The molecule has 20 heavy (non-hydrogen) atoms. The van der Waals surface area contributed by atoms with Gasteiger partial charge in [0.25, 0.3) is 0 Å². The molecule has 0 aliphatic carbocycles. The van der Waals surface area contributed by atoms with Crippen molar-refractivity contribution in [1.82, 2.24) is 10.2 Å². The Morgan fingerprint density at radius 3 is 2.25 bits per heavy atom. The zero-order valence-corrected chi connectivity index (χ0v) is 12.9. The molecule has 1 saturated heterocycles. The lowest BCUT2D eigenvalue weighted by atomic mass is 10.0. The molecule has 0 radical (unpaired) electrons. The Labute approximate surface area is 122 Å². The lowest BCUT2D eigenvalue weighted by molar-refractivity contribution is 0.141. The summed E-state index contributed by atoms with van der Waals surface area (Å²) in [7, 11) is 0. The molecular weight excluding hydrogens is 251 g/mol. The van der Waals surface area contributed by atoms with Crippen LogP contribution in [-0.2, 0) is 6.42 Å². The first-order valence-corrected chi connectivity index (χ1v) is 7.73. The molecule has 1 aromatic rings. The SMILES string of the molecule is CC1CNCC(C)CN(C(C)Cc2ccc(F)cc2)C1. The van der Waals surface area contributed by atoms with Crippen LogP contribution < -0.4 is 5.32 Å². The fraction of sp³-hybridized carbons (Fsp3) is 0.647. The van der Waals surface area contributed by atoms with Crippen LogP contribution >= 0.6 is 0 Å². The minimum Gasteiger partial charge on any atom is -0.316 e. The van der Waals surface area contributed by atoms with E-state index in [0.29, 0.717) is 17.9 Å². The predicted octanol–water partition coefficient (Wildman–Crippen LogP) is 2.93. The summed E-state index contributed by atoms with van der Waals surface area (Å²) in [6.45, 7) is 11.4. The van der Waals surface area contributed by atoms with Crippen molar-refractivity contribution in [3.63, 3.8) is 0 Å². The van der Waals surface area contributed by atoms with Gasteiger partial charge in [0, 0.05) is 19.1 Å². The topological polar surface area (TPSA) is 15.3 Å². The highest BCUT2D eigenvalue weighted by Crippen LogP contribution is 2.15. The predicted molar refractivity (Wildman–Crippen MR) is 82.3 cm³/mol. The molecule has 1 aromatic carbocycles. The highest BCUT2D eigenvalue weighted by atomic mass is 19.1. The van der Waals surface area contributed by atoms with Crippen LogP contribution in [0.5, 0.6) is 0 Å². The maximum absolute atomic E-state index is 13.0. The molecule has 2 rings (SSSR count). The van der Waals surface area contributed by atoms with E-state index in [1.165, 1.54) is 5.56 Å². The molecular formula is C17H27FN2. The van der Waals surface area contributed by atoms with Crippen LogP contribution in [0, 0.1) is 17.7 Å². The molecule has 1 heterocycles. The monoisotopic (exact) mass is 278 g/mol. The van der Waals surface area contributed by atoms with Gasteiger partial charge in [-0.15, -0.1) is 0 Å². The molecule has 3 heteroatoms. The van der Waals surface area contributed by atoms with Crippen LogP contribution in [0.3, 0.4) is 0 Å². The molecule has 1 aliphatic rings. The summed E-state index contributed by atoms with van der Waals surface area (Å²) in [6.07, 6.45) is 0.993. The van der Waals surface area contributed by atoms with Gasteiger partial charge in [0.1, 0.15) is 5.82 Å². The van der Waals surface area contributed by atoms with Crippen LogP contribution in [-0.4, -0.2) is 37.1 Å². The van der Waals surface area contributed by atoms with Gasteiger partial charge in [-0.25, -0.2) is 4.39 Å². The number of hydrogen-bond acceptors (Lipinski definition) is 2. The Morgan fingerprint density at radius 1 is 1.15 bits per heavy atom. The number of hydrogen-bond donors (Lipinski definition) is 1. The van der Waals surface area contributed by atoms with Gasteiger partial charge in [0.2, 0.25) is 0 Å². The molecule has 1 aliphatic heterocycles. The lowest BCUT2D eigenvalue weighted by Crippen LogP contribution is -2.46. The number of nitrogens with one attached hydrogen (secondary N) is 1. The van der Waals surface area contributed by atoms with Crippen molar-refractivity contribution < 1.29 is 4.39 Å². The lowest BCUT2D eigenvalue weighted by Gasteiger charge is -2.36. The summed E-state index contributed by atoms with van der Waals surface area (Å²) >= 11 is 0. The average molecular weight is 278 g/mol. The molecule has 1 fully saturated rings. The van der Waals surface area contributed by atoms with Gasteiger partial charge in [-0.05, 0) is 56.0 Å². The smallest absolute Gasteiger partial charge is 0.123 e. The van der Waals surface area contributed by atoms with Gasteiger partial charge in [-0.2, -0.15) is 0 Å². The first-order valence-electron chi connectivity index (χ1n) is 7.73. The summed E-state index contributed by atoms with van der Waals surface area (Å²) < 4.78 is 13.0. The normalized spacial score (nSPS) is 26.8. The van der Waals surface area contributed by atoms with Crippen molar-refractivity contribution in [1.29, 1.82) is 0 Å². The van der Waals surface area contributed by atoms with Crippen molar-refractivity contribution >= 4 is 0 Å². The van der Waals surface area contributed by atoms with Crippen LogP contribution in [0.15, 0.2) is 24.3 Å². The fourth-order valence-corrected chi connectivity index (χ4v) is 3.03. The Morgan fingerprint density at radius 2 is 1.70 bits per heavy atom. The van der Waals surface area contributed by atoms with Crippen molar-refractivity contribution in [3.05, 3.63) is 35.6 Å². The summed E-state index contributed by atoms with van der Waals surface area (Å²) in [5.74, 6) is 1.21. The second-order valence-electron chi connectivity index (χ2n) is 6.50. The second-order valence-corrected chi connectivity index (χ2v) is 6.50.